The van der Waals surface area contributed by atoms with Gasteiger partial charge >= 0.3 is 11.1 Å². The molecule has 1 N–H and O–H groups in total. The van der Waals surface area contributed by atoms with Gasteiger partial charge in [0.15, 0.2) is 0 Å². The number of benzene rings is 1. The Morgan fingerprint density at radius 1 is 1.16 bits per heavy atom. The summed E-state index contributed by atoms with van der Waals surface area (Å²) in [5.41, 5.74) is 1.42. The van der Waals surface area contributed by atoms with E-state index < -0.39 is 11.1 Å². The van der Waals surface area contributed by atoms with Gasteiger partial charge < -0.3 is 14.5 Å². The van der Waals surface area contributed by atoms with Crippen LogP contribution in [0.5, 0.6) is 0 Å². The predicted molar refractivity (Wildman–Crippen MR) is 94.2 cm³/mol. The largest absolute Gasteiger partial charge is 0.317 e. The fourth-order valence-electron chi connectivity index (χ4n) is 4.35. The van der Waals surface area contributed by atoms with E-state index in [1.165, 1.54) is 0 Å². The number of rotatable bonds is 2. The molecule has 3 aromatic rings. The number of hydrogen-bond donors (Lipinski definition) is 1. The van der Waals surface area contributed by atoms with Crippen molar-refractivity contribution in [2.75, 3.05) is 19.6 Å². The first-order valence-corrected chi connectivity index (χ1v) is 8.70. The van der Waals surface area contributed by atoms with Crippen molar-refractivity contribution < 1.29 is 0 Å². The van der Waals surface area contributed by atoms with Crippen molar-refractivity contribution in [2.24, 2.45) is 5.92 Å². The molecule has 5 heterocycles. The van der Waals surface area contributed by atoms with E-state index in [1.54, 1.807) is 17.1 Å². The van der Waals surface area contributed by atoms with E-state index >= 15 is 0 Å². The number of H-pyrrole nitrogens is 1. The van der Waals surface area contributed by atoms with Crippen LogP contribution in [0.3, 0.4) is 0 Å². The van der Waals surface area contributed by atoms with Crippen molar-refractivity contribution in [3.63, 3.8) is 0 Å². The standard InChI is InChI=1S/C18H19N5O2/c24-17-18(25)23(16-10-21-6-3-12(16)4-7-21)15-9-13(1-2-14(15)20-17)22-8-5-19-11-22/h1-2,5,8-9,11-12,16H,3-4,6-7,10H2,(H,20,24). The Labute approximate surface area is 143 Å². The molecule has 3 aliphatic heterocycles. The summed E-state index contributed by atoms with van der Waals surface area (Å²) in [5, 5.41) is 0. The first kappa shape index (κ1) is 14.7. The Kier molecular flexibility index (Phi) is 3.18. The average molecular weight is 337 g/mol. The number of imidazole rings is 1. The van der Waals surface area contributed by atoms with Crippen LogP contribution in [-0.4, -0.2) is 43.6 Å². The molecule has 0 radical (unpaired) electrons. The minimum absolute atomic E-state index is 0.0674. The fourth-order valence-corrected chi connectivity index (χ4v) is 4.35. The molecule has 0 spiro atoms. The van der Waals surface area contributed by atoms with Crippen LogP contribution >= 0.6 is 0 Å². The maximum atomic E-state index is 12.7. The number of aromatic amines is 1. The molecule has 25 heavy (non-hydrogen) atoms. The van der Waals surface area contributed by atoms with E-state index in [1.807, 2.05) is 29.0 Å². The van der Waals surface area contributed by atoms with Gasteiger partial charge in [0.1, 0.15) is 0 Å². The second kappa shape index (κ2) is 5.42. The summed E-state index contributed by atoms with van der Waals surface area (Å²) in [6.07, 6.45) is 7.49. The van der Waals surface area contributed by atoms with Crippen LogP contribution in [0.2, 0.25) is 0 Å². The normalized spacial score (nSPS) is 25.5. The molecule has 7 nitrogen and oxygen atoms in total. The first-order chi connectivity index (χ1) is 12.2. The van der Waals surface area contributed by atoms with E-state index in [2.05, 4.69) is 14.9 Å². The van der Waals surface area contributed by atoms with Crippen molar-refractivity contribution in [3.8, 4) is 5.69 Å². The van der Waals surface area contributed by atoms with Gasteiger partial charge in [-0.25, -0.2) is 4.98 Å². The number of nitrogens with zero attached hydrogens (tertiary/aromatic N) is 4. The maximum Gasteiger partial charge on any atom is 0.317 e. The van der Waals surface area contributed by atoms with Crippen molar-refractivity contribution >= 4 is 11.0 Å². The highest BCUT2D eigenvalue weighted by atomic mass is 16.2. The molecule has 6 rings (SSSR count). The molecular formula is C18H19N5O2. The summed E-state index contributed by atoms with van der Waals surface area (Å²) >= 11 is 0. The summed E-state index contributed by atoms with van der Waals surface area (Å²) in [4.78, 5) is 34.1. The molecule has 0 aliphatic carbocycles. The Morgan fingerprint density at radius 3 is 2.68 bits per heavy atom. The van der Waals surface area contributed by atoms with Crippen LogP contribution in [-0.2, 0) is 0 Å². The third-order valence-electron chi connectivity index (χ3n) is 5.66. The number of aromatic nitrogens is 4. The van der Waals surface area contributed by atoms with Gasteiger partial charge in [0.05, 0.1) is 23.4 Å². The molecule has 3 fully saturated rings. The van der Waals surface area contributed by atoms with Crippen LogP contribution in [0, 0.1) is 5.92 Å². The lowest BCUT2D eigenvalue weighted by molar-refractivity contribution is 0.0573. The van der Waals surface area contributed by atoms with E-state index in [9.17, 15) is 9.59 Å². The highest BCUT2D eigenvalue weighted by molar-refractivity contribution is 5.77. The van der Waals surface area contributed by atoms with Gasteiger partial charge in [-0.05, 0) is 50.0 Å². The molecular weight excluding hydrogens is 318 g/mol. The monoisotopic (exact) mass is 337 g/mol. The van der Waals surface area contributed by atoms with Crippen LogP contribution in [0.4, 0.5) is 0 Å². The lowest BCUT2D eigenvalue weighted by Gasteiger charge is -2.45. The van der Waals surface area contributed by atoms with E-state index in [-0.39, 0.29) is 6.04 Å². The Balaban J connectivity index is 1.75. The molecule has 1 atom stereocenters. The Bertz CT molecular complexity index is 1040. The zero-order chi connectivity index (χ0) is 17.0. The minimum atomic E-state index is -0.542. The van der Waals surface area contributed by atoms with Gasteiger partial charge in [0, 0.05) is 24.6 Å². The zero-order valence-electron chi connectivity index (χ0n) is 13.8. The summed E-state index contributed by atoms with van der Waals surface area (Å²) < 4.78 is 3.64. The Hall–Kier alpha value is -2.67. The molecule has 128 valence electrons. The molecule has 0 saturated carbocycles. The van der Waals surface area contributed by atoms with Crippen molar-refractivity contribution in [1.29, 1.82) is 0 Å². The molecule has 2 aromatic heterocycles. The molecule has 3 saturated heterocycles. The molecule has 1 unspecified atom stereocenters. The molecule has 2 bridgehead atoms. The lowest BCUT2D eigenvalue weighted by Crippen LogP contribution is -2.52. The number of hydrogen-bond acceptors (Lipinski definition) is 4. The Morgan fingerprint density at radius 2 is 2.00 bits per heavy atom. The van der Waals surface area contributed by atoms with Gasteiger partial charge in [0.25, 0.3) is 0 Å². The second-order valence-corrected chi connectivity index (χ2v) is 7.01. The van der Waals surface area contributed by atoms with Crippen LogP contribution in [0.25, 0.3) is 16.7 Å². The predicted octanol–water partition coefficient (Wildman–Crippen LogP) is 1.14. The van der Waals surface area contributed by atoms with Crippen molar-refractivity contribution in [3.05, 3.63) is 57.6 Å². The summed E-state index contributed by atoms with van der Waals surface area (Å²) in [7, 11) is 0. The summed E-state index contributed by atoms with van der Waals surface area (Å²) in [6, 6.07) is 5.82. The first-order valence-electron chi connectivity index (χ1n) is 8.70. The van der Waals surface area contributed by atoms with E-state index in [0.717, 1.165) is 43.7 Å². The van der Waals surface area contributed by atoms with Gasteiger partial charge in [-0.1, -0.05) is 0 Å². The van der Waals surface area contributed by atoms with E-state index in [4.69, 9.17) is 0 Å². The molecule has 0 amide bonds. The summed E-state index contributed by atoms with van der Waals surface area (Å²) in [5.74, 6) is 0.463. The molecule has 1 aromatic carbocycles. The highest BCUT2D eigenvalue weighted by Gasteiger charge is 2.36. The van der Waals surface area contributed by atoms with Crippen molar-refractivity contribution in [2.45, 2.75) is 18.9 Å². The zero-order valence-corrected chi connectivity index (χ0v) is 13.8. The number of nitrogens with one attached hydrogen (secondary N) is 1. The lowest BCUT2D eigenvalue weighted by atomic mass is 9.83. The highest BCUT2D eigenvalue weighted by Crippen LogP contribution is 2.36. The third-order valence-corrected chi connectivity index (χ3v) is 5.66. The van der Waals surface area contributed by atoms with Crippen LogP contribution < -0.4 is 11.1 Å². The minimum Gasteiger partial charge on any atom is -0.316 e. The van der Waals surface area contributed by atoms with Gasteiger partial charge in [-0.15, -0.1) is 0 Å². The van der Waals surface area contributed by atoms with Crippen molar-refractivity contribution in [1.82, 2.24) is 24.0 Å². The van der Waals surface area contributed by atoms with Crippen LogP contribution in [0.1, 0.15) is 18.9 Å². The van der Waals surface area contributed by atoms with Gasteiger partial charge in [-0.2, -0.15) is 0 Å². The van der Waals surface area contributed by atoms with Crippen LogP contribution in [0.15, 0.2) is 46.5 Å². The average Bonchev–Trinajstić information content (AvgIpc) is 3.18. The SMILES string of the molecule is O=c1[nH]c2ccc(-n3ccnc3)cc2n(C2CN3CCC2CC3)c1=O. The topological polar surface area (TPSA) is 75.9 Å². The number of fused-ring (bicyclic) bond motifs is 4. The third kappa shape index (κ3) is 2.26. The molecule has 7 heteroatoms. The molecule has 3 aliphatic rings. The maximum absolute atomic E-state index is 12.7. The fraction of sp³-hybridized carbons (Fsp3) is 0.389. The van der Waals surface area contributed by atoms with Gasteiger partial charge in [-0.3, -0.25) is 14.2 Å². The quantitative estimate of drug-likeness (QED) is 0.712. The summed E-state index contributed by atoms with van der Waals surface area (Å²) in [6.45, 7) is 3.03. The smallest absolute Gasteiger partial charge is 0.316 e. The second-order valence-electron chi connectivity index (χ2n) is 7.01. The number of piperidine rings is 3. The van der Waals surface area contributed by atoms with E-state index in [0.29, 0.717) is 11.4 Å². The van der Waals surface area contributed by atoms with Gasteiger partial charge in [0.2, 0.25) is 0 Å².